The predicted molar refractivity (Wildman–Crippen MR) is 137 cm³/mol. The Kier molecular flexibility index (Phi) is 7.01. The zero-order valence-electron chi connectivity index (χ0n) is 19.9. The molecule has 1 amide bonds. The molecule has 2 bridgehead atoms. The summed E-state index contributed by atoms with van der Waals surface area (Å²) < 4.78 is 12.7. The summed E-state index contributed by atoms with van der Waals surface area (Å²) in [5, 5.41) is 14.7. The molecule has 3 aromatic rings. The van der Waals surface area contributed by atoms with Gasteiger partial charge in [-0.25, -0.2) is 4.79 Å². The van der Waals surface area contributed by atoms with Gasteiger partial charge in [0, 0.05) is 18.8 Å². The molecular weight excluding hydrogens is 524 g/mol. The molecule has 3 aliphatic heterocycles. The van der Waals surface area contributed by atoms with Gasteiger partial charge in [0.25, 0.3) is 5.91 Å². The molecule has 0 radical (unpaired) electrons. The fraction of sp³-hybridized carbons (Fsp3) is 0.357. The van der Waals surface area contributed by atoms with Crippen LogP contribution in [0, 0.1) is 5.92 Å². The third kappa shape index (κ3) is 4.85. The van der Waals surface area contributed by atoms with Crippen LogP contribution in [0.3, 0.4) is 0 Å². The van der Waals surface area contributed by atoms with Gasteiger partial charge in [0.1, 0.15) is 6.54 Å². The molecule has 0 spiro atoms. The molecule has 1 unspecified atom stereocenters. The molecule has 2 N–H and O–H groups in total. The number of aliphatic hydroxyl groups is 1. The average molecular weight is 554 g/mol. The van der Waals surface area contributed by atoms with Gasteiger partial charge in [-0.05, 0) is 39.2 Å². The van der Waals surface area contributed by atoms with E-state index < -0.39 is 11.6 Å². The first-order chi connectivity index (χ1) is 17.4. The standard InChI is InChI=1S/C28H29BrN2O5/c29-25-12-11-23(35-25)26(32)30-15-18-31-16-13-20(14-17-31)24(19-31)36-27(33)28(34,21-7-3-1-4-8-21)22-9-5-2-6-10-22/h1-12,20,24,34H,13-19H2/p+1. The summed E-state index contributed by atoms with van der Waals surface area (Å²) in [5.74, 6) is -0.343. The Morgan fingerprint density at radius 3 is 2.17 bits per heavy atom. The van der Waals surface area contributed by atoms with Crippen LogP contribution in [0.1, 0.15) is 34.5 Å². The van der Waals surface area contributed by atoms with Crippen molar-refractivity contribution in [2.75, 3.05) is 32.7 Å². The lowest BCUT2D eigenvalue weighted by atomic mass is 9.82. The van der Waals surface area contributed by atoms with Crippen molar-refractivity contribution >= 4 is 27.8 Å². The van der Waals surface area contributed by atoms with Crippen LogP contribution < -0.4 is 5.32 Å². The summed E-state index contributed by atoms with van der Waals surface area (Å²) in [6.45, 7) is 3.90. The summed E-state index contributed by atoms with van der Waals surface area (Å²) in [6, 6.07) is 21.3. The van der Waals surface area contributed by atoms with Crippen molar-refractivity contribution in [3.05, 3.63) is 94.4 Å². The minimum Gasteiger partial charge on any atom is -0.453 e. The van der Waals surface area contributed by atoms with Crippen LogP contribution in [-0.2, 0) is 15.1 Å². The van der Waals surface area contributed by atoms with Crippen LogP contribution >= 0.6 is 15.9 Å². The highest BCUT2D eigenvalue weighted by Gasteiger charge is 2.50. The average Bonchev–Trinajstić information content (AvgIpc) is 3.36. The number of carbonyl (C=O) groups excluding carboxylic acids is 2. The lowest BCUT2D eigenvalue weighted by Gasteiger charge is -2.52. The molecule has 6 rings (SSSR count). The van der Waals surface area contributed by atoms with Crippen LogP contribution in [0.15, 0.2) is 81.9 Å². The van der Waals surface area contributed by atoms with Crippen molar-refractivity contribution in [3.63, 3.8) is 0 Å². The minimum atomic E-state index is -1.88. The van der Waals surface area contributed by atoms with Crippen molar-refractivity contribution in [1.82, 2.24) is 5.32 Å². The Morgan fingerprint density at radius 1 is 1.00 bits per heavy atom. The monoisotopic (exact) mass is 553 g/mol. The summed E-state index contributed by atoms with van der Waals surface area (Å²) in [5.41, 5.74) is -0.915. The second kappa shape index (κ2) is 10.2. The van der Waals surface area contributed by atoms with Crippen LogP contribution in [0.2, 0.25) is 0 Å². The third-order valence-electron chi connectivity index (χ3n) is 7.65. The van der Waals surface area contributed by atoms with E-state index >= 15 is 0 Å². The maximum atomic E-state index is 13.6. The highest BCUT2D eigenvalue weighted by Crippen LogP contribution is 2.38. The number of hydrogen-bond acceptors (Lipinski definition) is 5. The number of halogens is 1. The van der Waals surface area contributed by atoms with Gasteiger partial charge in [0.05, 0.1) is 26.2 Å². The Bertz CT molecular complexity index is 1170. The van der Waals surface area contributed by atoms with E-state index in [4.69, 9.17) is 9.15 Å². The smallest absolute Gasteiger partial charge is 0.348 e. The molecule has 8 heteroatoms. The van der Waals surface area contributed by atoms with Crippen LogP contribution in [-0.4, -0.2) is 60.3 Å². The number of nitrogens with one attached hydrogen (secondary N) is 1. The molecule has 0 aliphatic carbocycles. The SMILES string of the molecule is O=C(NCC[N+]12CCC(CC1)C(OC(=O)C(O)(c1ccccc1)c1ccccc1)C2)c1ccc(Br)o1. The molecule has 4 heterocycles. The minimum absolute atomic E-state index is 0.246. The largest absolute Gasteiger partial charge is 0.453 e. The van der Waals surface area contributed by atoms with E-state index in [-0.39, 0.29) is 23.7 Å². The predicted octanol–water partition coefficient (Wildman–Crippen LogP) is 3.86. The van der Waals surface area contributed by atoms with Crippen molar-refractivity contribution in [2.45, 2.75) is 24.5 Å². The lowest BCUT2D eigenvalue weighted by molar-refractivity contribution is -0.945. The molecule has 188 valence electrons. The number of carbonyl (C=O) groups is 2. The highest BCUT2D eigenvalue weighted by molar-refractivity contribution is 9.10. The summed E-state index contributed by atoms with van der Waals surface area (Å²) in [4.78, 5) is 26.0. The summed E-state index contributed by atoms with van der Waals surface area (Å²) in [6.07, 6.45) is 1.62. The number of amides is 1. The van der Waals surface area contributed by atoms with Gasteiger partial charge in [-0.1, -0.05) is 60.7 Å². The van der Waals surface area contributed by atoms with E-state index in [0.717, 1.165) is 37.0 Å². The summed E-state index contributed by atoms with van der Waals surface area (Å²) in [7, 11) is 0. The fourth-order valence-electron chi connectivity index (χ4n) is 5.58. The highest BCUT2D eigenvalue weighted by atomic mass is 79.9. The zero-order valence-corrected chi connectivity index (χ0v) is 21.5. The summed E-state index contributed by atoms with van der Waals surface area (Å²) >= 11 is 3.22. The number of piperidine rings is 3. The van der Waals surface area contributed by atoms with Crippen molar-refractivity contribution in [3.8, 4) is 0 Å². The second-order valence-electron chi connectivity index (χ2n) is 9.78. The van der Waals surface area contributed by atoms with E-state index in [9.17, 15) is 14.7 Å². The topological polar surface area (TPSA) is 88.8 Å². The number of quaternary nitrogens is 1. The van der Waals surface area contributed by atoms with E-state index in [1.807, 2.05) is 12.1 Å². The van der Waals surface area contributed by atoms with Crippen molar-refractivity contribution in [2.24, 2.45) is 5.92 Å². The van der Waals surface area contributed by atoms with Crippen molar-refractivity contribution < 1.29 is 28.3 Å². The Morgan fingerprint density at radius 2 is 1.61 bits per heavy atom. The number of nitrogens with zero attached hydrogens (tertiary/aromatic N) is 1. The lowest BCUT2D eigenvalue weighted by Crippen LogP contribution is -2.66. The van der Waals surface area contributed by atoms with Gasteiger partial charge >= 0.3 is 5.97 Å². The van der Waals surface area contributed by atoms with Crippen molar-refractivity contribution in [1.29, 1.82) is 0 Å². The number of fused-ring (bicyclic) bond motifs is 3. The zero-order chi connectivity index (χ0) is 25.2. The van der Waals surface area contributed by atoms with E-state index in [2.05, 4.69) is 21.2 Å². The second-order valence-corrected chi connectivity index (χ2v) is 10.6. The molecule has 3 saturated heterocycles. The van der Waals surface area contributed by atoms with Gasteiger partial charge in [-0.2, -0.15) is 0 Å². The van der Waals surface area contributed by atoms with Crippen LogP contribution in [0.4, 0.5) is 0 Å². The first kappa shape index (κ1) is 24.7. The quantitative estimate of drug-likeness (QED) is 0.326. The molecule has 2 aromatic carbocycles. The molecule has 1 aromatic heterocycles. The number of furan rings is 1. The Labute approximate surface area is 218 Å². The first-order valence-corrected chi connectivity index (χ1v) is 13.1. The third-order valence-corrected chi connectivity index (χ3v) is 8.07. The number of ether oxygens (including phenoxy) is 1. The molecule has 36 heavy (non-hydrogen) atoms. The molecule has 1 atom stereocenters. The number of benzene rings is 2. The Hall–Kier alpha value is -2.94. The first-order valence-electron chi connectivity index (χ1n) is 12.3. The van der Waals surface area contributed by atoms with Crippen LogP contribution in [0.5, 0.6) is 0 Å². The molecule has 3 fully saturated rings. The van der Waals surface area contributed by atoms with Gasteiger partial charge in [-0.3, -0.25) is 4.79 Å². The Balaban J connectivity index is 1.28. The maximum absolute atomic E-state index is 13.6. The van der Waals surface area contributed by atoms with Gasteiger partial charge in [0.2, 0.25) is 5.60 Å². The molecule has 0 saturated carbocycles. The van der Waals surface area contributed by atoms with E-state index in [1.165, 1.54) is 0 Å². The van der Waals surface area contributed by atoms with Gasteiger partial charge in [0.15, 0.2) is 16.5 Å². The van der Waals surface area contributed by atoms with E-state index in [0.29, 0.717) is 28.9 Å². The molecular formula is C28H30BrN2O5+. The molecule has 3 aliphatic rings. The maximum Gasteiger partial charge on any atom is 0.348 e. The van der Waals surface area contributed by atoms with E-state index in [1.54, 1.807) is 60.7 Å². The van der Waals surface area contributed by atoms with Gasteiger partial charge in [-0.15, -0.1) is 0 Å². The fourth-order valence-corrected chi connectivity index (χ4v) is 5.89. The van der Waals surface area contributed by atoms with Crippen LogP contribution in [0.25, 0.3) is 0 Å². The number of hydrogen-bond donors (Lipinski definition) is 2. The number of rotatable bonds is 8. The number of esters is 1. The molecule has 7 nitrogen and oxygen atoms in total. The normalized spacial score (nSPS) is 23.3. The van der Waals surface area contributed by atoms with Gasteiger partial charge < -0.3 is 24.1 Å².